The topological polar surface area (TPSA) is 82.8 Å². The summed E-state index contributed by atoms with van der Waals surface area (Å²) < 4.78 is 16.1. The number of amides is 1. The molecule has 1 fully saturated rings. The molecule has 0 atom stereocenters. The van der Waals surface area contributed by atoms with E-state index in [9.17, 15) is 4.79 Å². The van der Waals surface area contributed by atoms with Gasteiger partial charge in [-0.15, -0.1) is 0 Å². The lowest BCUT2D eigenvalue weighted by Gasteiger charge is -2.31. The largest absolute Gasteiger partial charge is 0.496 e. The Bertz CT molecular complexity index is 543. The summed E-state index contributed by atoms with van der Waals surface area (Å²) in [6, 6.07) is 3.62. The molecule has 1 saturated carbocycles. The molecule has 24 heavy (non-hydrogen) atoms. The van der Waals surface area contributed by atoms with Crippen LogP contribution in [-0.2, 0) is 11.2 Å². The van der Waals surface area contributed by atoms with Crippen LogP contribution in [0.4, 0.5) is 0 Å². The highest BCUT2D eigenvalue weighted by atomic mass is 16.5. The van der Waals surface area contributed by atoms with Crippen molar-refractivity contribution >= 4 is 5.91 Å². The van der Waals surface area contributed by atoms with Gasteiger partial charge in [0.15, 0.2) is 0 Å². The standard InChI is InChI=1S/C18H28N2O4/c1-22-13-11-15(23-2)14(16(12-13)24-3)7-10-20-17(21)18(19)8-5-4-6-9-18/h11-12H,4-10,19H2,1-3H3,(H,20,21). The van der Waals surface area contributed by atoms with E-state index in [1.54, 1.807) is 21.3 Å². The van der Waals surface area contributed by atoms with E-state index >= 15 is 0 Å². The summed E-state index contributed by atoms with van der Waals surface area (Å²) in [7, 11) is 4.80. The normalized spacial score (nSPS) is 16.3. The SMILES string of the molecule is COc1cc(OC)c(CCNC(=O)C2(N)CCCCC2)c(OC)c1. The first-order chi connectivity index (χ1) is 11.5. The molecule has 1 aliphatic rings. The summed E-state index contributed by atoms with van der Waals surface area (Å²) in [6.45, 7) is 0.483. The Morgan fingerprint density at radius 2 is 1.67 bits per heavy atom. The van der Waals surface area contributed by atoms with Crippen LogP contribution in [0.1, 0.15) is 37.7 Å². The molecule has 0 bridgehead atoms. The van der Waals surface area contributed by atoms with Gasteiger partial charge in [-0.3, -0.25) is 4.79 Å². The van der Waals surface area contributed by atoms with E-state index in [4.69, 9.17) is 19.9 Å². The summed E-state index contributed by atoms with van der Waals surface area (Å²) in [4.78, 5) is 12.4. The van der Waals surface area contributed by atoms with Gasteiger partial charge in [-0.25, -0.2) is 0 Å². The lowest BCUT2D eigenvalue weighted by Crippen LogP contribution is -2.55. The lowest BCUT2D eigenvalue weighted by atomic mass is 9.82. The van der Waals surface area contributed by atoms with Gasteiger partial charge in [-0.05, 0) is 19.3 Å². The maximum atomic E-state index is 12.4. The Labute approximate surface area is 143 Å². The molecule has 2 rings (SSSR count). The van der Waals surface area contributed by atoms with Crippen molar-refractivity contribution in [1.29, 1.82) is 0 Å². The molecule has 0 radical (unpaired) electrons. The summed E-state index contributed by atoms with van der Waals surface area (Å²) in [5.74, 6) is 1.97. The molecule has 0 aliphatic heterocycles. The summed E-state index contributed by atoms with van der Waals surface area (Å²) >= 11 is 0. The van der Waals surface area contributed by atoms with E-state index in [1.807, 2.05) is 12.1 Å². The van der Waals surface area contributed by atoms with E-state index in [2.05, 4.69) is 5.32 Å². The molecule has 1 aromatic rings. The number of nitrogens with one attached hydrogen (secondary N) is 1. The van der Waals surface area contributed by atoms with E-state index in [-0.39, 0.29) is 5.91 Å². The van der Waals surface area contributed by atoms with Crippen molar-refractivity contribution in [1.82, 2.24) is 5.32 Å². The van der Waals surface area contributed by atoms with Crippen LogP contribution in [0.15, 0.2) is 12.1 Å². The molecule has 0 heterocycles. The van der Waals surface area contributed by atoms with Gasteiger partial charge in [0.25, 0.3) is 0 Å². The van der Waals surface area contributed by atoms with E-state index < -0.39 is 5.54 Å². The second-order valence-corrected chi connectivity index (χ2v) is 6.23. The molecule has 1 aliphatic carbocycles. The predicted molar refractivity (Wildman–Crippen MR) is 92.8 cm³/mol. The molecule has 6 nitrogen and oxygen atoms in total. The fourth-order valence-electron chi connectivity index (χ4n) is 3.21. The van der Waals surface area contributed by atoms with Gasteiger partial charge in [-0.1, -0.05) is 19.3 Å². The second kappa shape index (κ2) is 8.24. The zero-order chi connectivity index (χ0) is 17.6. The van der Waals surface area contributed by atoms with Crippen LogP contribution in [0, 0.1) is 0 Å². The third-order valence-corrected chi connectivity index (χ3v) is 4.68. The minimum absolute atomic E-state index is 0.0614. The van der Waals surface area contributed by atoms with Crippen LogP contribution in [-0.4, -0.2) is 39.3 Å². The monoisotopic (exact) mass is 336 g/mol. The smallest absolute Gasteiger partial charge is 0.240 e. The first-order valence-corrected chi connectivity index (χ1v) is 8.40. The second-order valence-electron chi connectivity index (χ2n) is 6.23. The van der Waals surface area contributed by atoms with Gasteiger partial charge in [0, 0.05) is 24.2 Å². The van der Waals surface area contributed by atoms with Crippen molar-refractivity contribution in [2.75, 3.05) is 27.9 Å². The molecule has 6 heteroatoms. The molecule has 1 aromatic carbocycles. The Kier molecular flexibility index (Phi) is 6.31. The Hall–Kier alpha value is -1.95. The third kappa shape index (κ3) is 4.12. The zero-order valence-electron chi connectivity index (χ0n) is 14.8. The molecule has 134 valence electrons. The number of rotatable bonds is 7. The number of hydrogen-bond acceptors (Lipinski definition) is 5. The van der Waals surface area contributed by atoms with Gasteiger partial charge >= 0.3 is 0 Å². The highest BCUT2D eigenvalue weighted by Gasteiger charge is 2.34. The molecule has 3 N–H and O–H groups in total. The highest BCUT2D eigenvalue weighted by Crippen LogP contribution is 2.34. The average Bonchev–Trinajstić information content (AvgIpc) is 2.61. The van der Waals surface area contributed by atoms with Crippen molar-refractivity contribution in [3.05, 3.63) is 17.7 Å². The summed E-state index contributed by atoms with van der Waals surface area (Å²) in [5.41, 5.74) is 6.44. The maximum Gasteiger partial charge on any atom is 0.240 e. The van der Waals surface area contributed by atoms with Crippen LogP contribution in [0.25, 0.3) is 0 Å². The Morgan fingerprint density at radius 1 is 1.08 bits per heavy atom. The number of carbonyl (C=O) groups is 1. The quantitative estimate of drug-likeness (QED) is 0.796. The van der Waals surface area contributed by atoms with Crippen LogP contribution in [0.3, 0.4) is 0 Å². The van der Waals surface area contributed by atoms with E-state index in [0.717, 1.165) is 37.7 Å². The zero-order valence-corrected chi connectivity index (χ0v) is 14.8. The molecule has 1 amide bonds. The minimum Gasteiger partial charge on any atom is -0.496 e. The molecule has 0 spiro atoms. The summed E-state index contributed by atoms with van der Waals surface area (Å²) in [5, 5.41) is 2.97. The molecule has 0 aromatic heterocycles. The highest BCUT2D eigenvalue weighted by molar-refractivity contribution is 5.86. The van der Waals surface area contributed by atoms with Crippen molar-refractivity contribution < 1.29 is 19.0 Å². The van der Waals surface area contributed by atoms with Crippen molar-refractivity contribution in [2.24, 2.45) is 5.73 Å². The van der Waals surface area contributed by atoms with Gasteiger partial charge in [0.2, 0.25) is 5.91 Å². The predicted octanol–water partition coefficient (Wildman–Crippen LogP) is 2.03. The summed E-state index contributed by atoms with van der Waals surface area (Å²) in [6.07, 6.45) is 5.31. The van der Waals surface area contributed by atoms with Crippen LogP contribution in [0.5, 0.6) is 17.2 Å². The number of hydrogen-bond donors (Lipinski definition) is 2. The lowest BCUT2D eigenvalue weighted by molar-refractivity contribution is -0.127. The first kappa shape index (κ1) is 18.4. The van der Waals surface area contributed by atoms with Crippen LogP contribution in [0.2, 0.25) is 0 Å². The van der Waals surface area contributed by atoms with Crippen molar-refractivity contribution in [2.45, 2.75) is 44.1 Å². The number of carbonyl (C=O) groups excluding carboxylic acids is 1. The first-order valence-electron chi connectivity index (χ1n) is 8.40. The van der Waals surface area contributed by atoms with Crippen LogP contribution >= 0.6 is 0 Å². The minimum atomic E-state index is -0.716. The van der Waals surface area contributed by atoms with Crippen molar-refractivity contribution in [3.8, 4) is 17.2 Å². The number of ether oxygens (including phenoxy) is 3. The van der Waals surface area contributed by atoms with Gasteiger partial charge in [-0.2, -0.15) is 0 Å². The van der Waals surface area contributed by atoms with Gasteiger partial charge < -0.3 is 25.3 Å². The van der Waals surface area contributed by atoms with Crippen molar-refractivity contribution in [3.63, 3.8) is 0 Å². The average molecular weight is 336 g/mol. The molecular formula is C18H28N2O4. The fourth-order valence-corrected chi connectivity index (χ4v) is 3.21. The van der Waals surface area contributed by atoms with Crippen LogP contribution < -0.4 is 25.3 Å². The molecule has 0 unspecified atom stereocenters. The van der Waals surface area contributed by atoms with Gasteiger partial charge in [0.1, 0.15) is 17.2 Å². The third-order valence-electron chi connectivity index (χ3n) is 4.68. The number of nitrogens with two attached hydrogens (primary N) is 1. The Morgan fingerprint density at radius 3 is 2.17 bits per heavy atom. The number of methoxy groups -OCH3 is 3. The molecular weight excluding hydrogens is 308 g/mol. The van der Waals surface area contributed by atoms with E-state index in [1.165, 1.54) is 0 Å². The molecule has 0 saturated heterocycles. The number of benzene rings is 1. The maximum absolute atomic E-state index is 12.4. The fraction of sp³-hybridized carbons (Fsp3) is 0.611. The van der Waals surface area contributed by atoms with Gasteiger partial charge in [0.05, 0.1) is 26.9 Å². The van der Waals surface area contributed by atoms with E-state index in [0.29, 0.717) is 30.2 Å². The Balaban J connectivity index is 2.02.